The second-order valence-corrected chi connectivity index (χ2v) is 7.49. The van der Waals surface area contributed by atoms with Crippen molar-refractivity contribution in [2.45, 2.75) is 38.0 Å². The molecule has 134 valence electrons. The van der Waals surface area contributed by atoms with Crippen molar-refractivity contribution in [1.29, 1.82) is 0 Å². The first-order valence-electron chi connectivity index (χ1n) is 9.47. The van der Waals surface area contributed by atoms with Crippen molar-refractivity contribution >= 4 is 17.5 Å². The fourth-order valence-corrected chi connectivity index (χ4v) is 3.91. The maximum atomic E-state index is 12.6. The zero-order valence-electron chi connectivity index (χ0n) is 14.7. The van der Waals surface area contributed by atoms with Crippen LogP contribution in [-0.2, 0) is 14.3 Å². The third-order valence-electron chi connectivity index (χ3n) is 5.57. The summed E-state index contributed by atoms with van der Waals surface area (Å²) in [6, 6.07) is 8.15. The van der Waals surface area contributed by atoms with E-state index in [1.165, 1.54) is 18.4 Å². The summed E-state index contributed by atoms with van der Waals surface area (Å²) in [6.07, 6.45) is 5.04. The molecule has 0 aromatic heterocycles. The SMILES string of the molecule is O=C1CCCN1CC[C@@H]1CN(C(=O)COCC2CC2)c2ccccc21. The molecule has 3 aliphatic rings. The van der Waals surface area contributed by atoms with Gasteiger partial charge >= 0.3 is 0 Å². The van der Waals surface area contributed by atoms with Crippen LogP contribution in [0, 0.1) is 5.92 Å². The Balaban J connectivity index is 1.38. The zero-order valence-corrected chi connectivity index (χ0v) is 14.7. The van der Waals surface area contributed by atoms with E-state index in [4.69, 9.17) is 4.74 Å². The number of para-hydroxylation sites is 1. The summed E-state index contributed by atoms with van der Waals surface area (Å²) in [4.78, 5) is 28.3. The van der Waals surface area contributed by atoms with E-state index in [9.17, 15) is 9.59 Å². The van der Waals surface area contributed by atoms with Gasteiger partial charge in [0, 0.05) is 37.7 Å². The number of nitrogens with zero attached hydrogens (tertiary/aromatic N) is 2. The Morgan fingerprint density at radius 2 is 2.08 bits per heavy atom. The maximum absolute atomic E-state index is 12.6. The molecule has 0 N–H and O–H groups in total. The molecule has 1 saturated heterocycles. The van der Waals surface area contributed by atoms with Crippen molar-refractivity contribution in [2.75, 3.05) is 37.7 Å². The fourth-order valence-electron chi connectivity index (χ4n) is 3.91. The van der Waals surface area contributed by atoms with Crippen LogP contribution < -0.4 is 4.90 Å². The average molecular weight is 342 g/mol. The van der Waals surface area contributed by atoms with Crippen molar-refractivity contribution in [3.8, 4) is 0 Å². The molecule has 0 spiro atoms. The number of rotatable bonds is 7. The van der Waals surface area contributed by atoms with Gasteiger partial charge in [-0.25, -0.2) is 0 Å². The largest absolute Gasteiger partial charge is 0.371 e. The molecule has 2 fully saturated rings. The first-order chi connectivity index (χ1) is 12.2. The number of ether oxygens (including phenoxy) is 1. The average Bonchev–Trinajstić information content (AvgIpc) is 3.24. The van der Waals surface area contributed by atoms with E-state index in [0.717, 1.165) is 31.6 Å². The Bertz CT molecular complexity index is 656. The van der Waals surface area contributed by atoms with E-state index in [-0.39, 0.29) is 18.4 Å². The number of carbonyl (C=O) groups is 2. The maximum Gasteiger partial charge on any atom is 0.252 e. The number of hydrogen-bond donors (Lipinski definition) is 0. The van der Waals surface area contributed by atoms with Crippen LogP contribution in [0.15, 0.2) is 24.3 Å². The van der Waals surface area contributed by atoms with Gasteiger partial charge in [-0.15, -0.1) is 0 Å². The molecule has 25 heavy (non-hydrogen) atoms. The smallest absolute Gasteiger partial charge is 0.252 e. The number of amides is 2. The molecule has 1 saturated carbocycles. The second-order valence-electron chi connectivity index (χ2n) is 7.49. The summed E-state index contributed by atoms with van der Waals surface area (Å²) < 4.78 is 5.59. The number of anilines is 1. The van der Waals surface area contributed by atoms with Gasteiger partial charge < -0.3 is 14.5 Å². The van der Waals surface area contributed by atoms with Gasteiger partial charge in [-0.05, 0) is 43.2 Å². The molecular weight excluding hydrogens is 316 g/mol. The highest BCUT2D eigenvalue weighted by Crippen LogP contribution is 2.38. The van der Waals surface area contributed by atoms with Crippen LogP contribution in [0.3, 0.4) is 0 Å². The van der Waals surface area contributed by atoms with Crippen LogP contribution in [0.2, 0.25) is 0 Å². The first kappa shape index (κ1) is 16.6. The topological polar surface area (TPSA) is 49.9 Å². The molecule has 4 rings (SSSR count). The highest BCUT2D eigenvalue weighted by molar-refractivity contribution is 5.96. The van der Waals surface area contributed by atoms with Gasteiger partial charge in [0.2, 0.25) is 5.91 Å². The highest BCUT2D eigenvalue weighted by Gasteiger charge is 2.33. The Morgan fingerprint density at radius 1 is 1.24 bits per heavy atom. The Morgan fingerprint density at radius 3 is 2.84 bits per heavy atom. The predicted octanol–water partition coefficient (Wildman–Crippen LogP) is 2.56. The van der Waals surface area contributed by atoms with Gasteiger partial charge in [0.25, 0.3) is 5.91 Å². The lowest BCUT2D eigenvalue weighted by atomic mass is 9.98. The van der Waals surface area contributed by atoms with Crippen LogP contribution in [0.1, 0.15) is 43.6 Å². The van der Waals surface area contributed by atoms with Crippen molar-refractivity contribution in [3.63, 3.8) is 0 Å². The normalized spacial score (nSPS) is 22.6. The van der Waals surface area contributed by atoms with Crippen LogP contribution in [-0.4, -0.2) is 49.6 Å². The third-order valence-corrected chi connectivity index (χ3v) is 5.57. The minimum Gasteiger partial charge on any atom is -0.371 e. The molecule has 1 aromatic rings. The Kier molecular flexibility index (Phi) is 4.75. The molecule has 2 heterocycles. The highest BCUT2D eigenvalue weighted by atomic mass is 16.5. The second kappa shape index (κ2) is 7.16. The zero-order chi connectivity index (χ0) is 17.2. The van der Waals surface area contributed by atoms with Crippen LogP contribution in [0.4, 0.5) is 5.69 Å². The minimum atomic E-state index is 0.0489. The van der Waals surface area contributed by atoms with Gasteiger partial charge in [-0.2, -0.15) is 0 Å². The summed E-state index contributed by atoms with van der Waals surface area (Å²) in [7, 11) is 0. The lowest BCUT2D eigenvalue weighted by molar-refractivity contribution is -0.128. The van der Waals surface area contributed by atoms with E-state index in [2.05, 4.69) is 6.07 Å². The quantitative estimate of drug-likeness (QED) is 0.765. The molecule has 0 radical (unpaired) electrons. The van der Waals surface area contributed by atoms with E-state index < -0.39 is 0 Å². The number of carbonyl (C=O) groups excluding carboxylic acids is 2. The van der Waals surface area contributed by atoms with Crippen LogP contribution >= 0.6 is 0 Å². The molecular formula is C20H26N2O3. The standard InChI is InChI=1S/C20H26N2O3/c23-19-6-3-10-21(19)11-9-16-12-22(18-5-2-1-4-17(16)18)20(24)14-25-13-15-7-8-15/h1-2,4-5,15-16H,3,6-14H2/t16-/m1/s1. The molecule has 2 amide bonds. The van der Waals surface area contributed by atoms with E-state index in [0.29, 0.717) is 31.4 Å². The van der Waals surface area contributed by atoms with Crippen molar-refractivity contribution in [1.82, 2.24) is 4.90 Å². The van der Waals surface area contributed by atoms with Crippen molar-refractivity contribution < 1.29 is 14.3 Å². The number of fused-ring (bicyclic) bond motifs is 1. The summed E-state index contributed by atoms with van der Waals surface area (Å²) in [5.41, 5.74) is 2.24. The summed E-state index contributed by atoms with van der Waals surface area (Å²) >= 11 is 0. The number of likely N-dealkylation sites (tertiary alicyclic amines) is 1. The number of benzene rings is 1. The van der Waals surface area contributed by atoms with Crippen molar-refractivity contribution in [3.05, 3.63) is 29.8 Å². The van der Waals surface area contributed by atoms with E-state index in [1.54, 1.807) is 0 Å². The van der Waals surface area contributed by atoms with Gasteiger partial charge in [0.15, 0.2) is 0 Å². The molecule has 5 nitrogen and oxygen atoms in total. The molecule has 2 aliphatic heterocycles. The Labute approximate surface area is 148 Å². The summed E-state index contributed by atoms with van der Waals surface area (Å²) in [5.74, 6) is 1.29. The van der Waals surface area contributed by atoms with Gasteiger partial charge in [-0.1, -0.05) is 18.2 Å². The molecule has 5 heteroatoms. The van der Waals surface area contributed by atoms with Crippen LogP contribution in [0.25, 0.3) is 0 Å². The molecule has 1 atom stereocenters. The van der Waals surface area contributed by atoms with Gasteiger partial charge in [-0.3, -0.25) is 9.59 Å². The molecule has 1 aliphatic carbocycles. The lowest BCUT2D eigenvalue weighted by Gasteiger charge is -2.20. The Hall–Kier alpha value is -1.88. The molecule has 1 aromatic carbocycles. The monoisotopic (exact) mass is 342 g/mol. The first-order valence-corrected chi connectivity index (χ1v) is 9.47. The minimum absolute atomic E-state index is 0.0489. The molecule has 0 unspecified atom stereocenters. The predicted molar refractivity (Wildman–Crippen MR) is 95.5 cm³/mol. The molecule has 0 bridgehead atoms. The number of hydrogen-bond acceptors (Lipinski definition) is 3. The lowest BCUT2D eigenvalue weighted by Crippen LogP contribution is -2.34. The fraction of sp³-hybridized carbons (Fsp3) is 0.600. The summed E-state index contributed by atoms with van der Waals surface area (Å²) in [6.45, 7) is 3.25. The van der Waals surface area contributed by atoms with Crippen molar-refractivity contribution in [2.24, 2.45) is 5.92 Å². The third kappa shape index (κ3) is 3.71. The van der Waals surface area contributed by atoms with Gasteiger partial charge in [0.1, 0.15) is 6.61 Å². The summed E-state index contributed by atoms with van der Waals surface area (Å²) in [5, 5.41) is 0. The van der Waals surface area contributed by atoms with E-state index in [1.807, 2.05) is 28.0 Å². The van der Waals surface area contributed by atoms with E-state index >= 15 is 0 Å². The van der Waals surface area contributed by atoms with Crippen LogP contribution in [0.5, 0.6) is 0 Å². The van der Waals surface area contributed by atoms with Gasteiger partial charge in [0.05, 0.1) is 6.61 Å².